The summed E-state index contributed by atoms with van der Waals surface area (Å²) in [7, 11) is 0. The second-order valence-corrected chi connectivity index (χ2v) is 5.42. The normalized spacial score (nSPS) is 15.9. The van der Waals surface area contributed by atoms with Crippen molar-refractivity contribution in [1.29, 1.82) is 0 Å². The molecule has 1 atom stereocenters. The molecule has 2 aromatic rings. The molecule has 0 radical (unpaired) electrons. The molecule has 18 heavy (non-hydrogen) atoms. The van der Waals surface area contributed by atoms with E-state index in [0.29, 0.717) is 0 Å². The van der Waals surface area contributed by atoms with Crippen LogP contribution in [0.1, 0.15) is 35.3 Å². The lowest BCUT2D eigenvalue weighted by molar-refractivity contribution is 0.0688. The van der Waals surface area contributed by atoms with E-state index in [0.717, 1.165) is 6.42 Å². The van der Waals surface area contributed by atoms with Gasteiger partial charge in [-0.2, -0.15) is 0 Å². The summed E-state index contributed by atoms with van der Waals surface area (Å²) in [5.41, 5.74) is 5.19. The van der Waals surface area contributed by atoms with Gasteiger partial charge in [-0.25, -0.2) is 0 Å². The minimum Gasteiger partial charge on any atom is -0.355 e. The molecule has 0 fully saturated rings. The van der Waals surface area contributed by atoms with Crippen molar-refractivity contribution in [2.45, 2.75) is 24.9 Å². The summed E-state index contributed by atoms with van der Waals surface area (Å²) in [5, 5.41) is 0. The van der Waals surface area contributed by atoms with Crippen molar-refractivity contribution in [2.24, 2.45) is 0 Å². The predicted octanol–water partition coefficient (Wildman–Crippen LogP) is 3.97. The first-order valence-electron chi connectivity index (χ1n) is 6.25. The molecule has 1 aliphatic carbocycles. The molecular weight excluding hydrogens is 240 g/mol. The highest BCUT2D eigenvalue weighted by Gasteiger charge is 2.26. The van der Waals surface area contributed by atoms with Crippen LogP contribution in [0.5, 0.6) is 0 Å². The zero-order valence-corrected chi connectivity index (χ0v) is 11.2. The Kier molecular flexibility index (Phi) is 3.14. The first kappa shape index (κ1) is 11.8. The molecule has 2 aromatic carbocycles. The molecule has 0 heterocycles. The molecule has 0 spiro atoms. The van der Waals surface area contributed by atoms with Gasteiger partial charge in [0.1, 0.15) is 6.10 Å². The maximum Gasteiger partial charge on any atom is 0.110 e. The standard InChI is InChI=1S/C16H16OS/c1-11(18)17-16-14-8-4-2-6-12(14)10-13-7-3-5-9-15(13)16/h2-9,11,16,18H,10H2,1H3. The van der Waals surface area contributed by atoms with Gasteiger partial charge in [-0.05, 0) is 35.6 Å². The van der Waals surface area contributed by atoms with E-state index in [1.807, 2.05) is 6.92 Å². The van der Waals surface area contributed by atoms with Gasteiger partial charge in [0.25, 0.3) is 0 Å². The van der Waals surface area contributed by atoms with Crippen molar-refractivity contribution >= 4 is 12.6 Å². The fourth-order valence-corrected chi connectivity index (χ4v) is 2.74. The van der Waals surface area contributed by atoms with Gasteiger partial charge < -0.3 is 4.74 Å². The maximum absolute atomic E-state index is 6.01. The number of hydrogen-bond acceptors (Lipinski definition) is 2. The molecule has 0 N–H and O–H groups in total. The van der Waals surface area contributed by atoms with E-state index in [1.165, 1.54) is 22.3 Å². The number of rotatable bonds is 2. The Balaban J connectivity index is 2.11. The molecule has 1 nitrogen and oxygen atoms in total. The summed E-state index contributed by atoms with van der Waals surface area (Å²) in [6, 6.07) is 17.0. The van der Waals surface area contributed by atoms with Crippen LogP contribution < -0.4 is 0 Å². The van der Waals surface area contributed by atoms with E-state index < -0.39 is 0 Å². The van der Waals surface area contributed by atoms with Crippen LogP contribution in [0.25, 0.3) is 0 Å². The van der Waals surface area contributed by atoms with E-state index >= 15 is 0 Å². The Hall–Kier alpha value is -1.25. The third-order valence-electron chi connectivity index (χ3n) is 3.39. The lowest BCUT2D eigenvalue weighted by Gasteiger charge is -2.29. The van der Waals surface area contributed by atoms with Crippen LogP contribution in [-0.2, 0) is 11.2 Å². The van der Waals surface area contributed by atoms with Gasteiger partial charge in [0.2, 0.25) is 0 Å². The van der Waals surface area contributed by atoms with Gasteiger partial charge in [0, 0.05) is 0 Å². The van der Waals surface area contributed by atoms with Gasteiger partial charge in [0.15, 0.2) is 0 Å². The summed E-state index contributed by atoms with van der Waals surface area (Å²) in [5.74, 6) is 0. The largest absolute Gasteiger partial charge is 0.355 e. The Morgan fingerprint density at radius 3 is 2.00 bits per heavy atom. The first-order valence-corrected chi connectivity index (χ1v) is 6.76. The van der Waals surface area contributed by atoms with Crippen LogP contribution in [0.2, 0.25) is 0 Å². The van der Waals surface area contributed by atoms with E-state index in [2.05, 4.69) is 61.2 Å². The molecule has 1 aliphatic rings. The van der Waals surface area contributed by atoms with Gasteiger partial charge in [0.05, 0.1) is 5.44 Å². The maximum atomic E-state index is 6.01. The van der Waals surface area contributed by atoms with Crippen LogP contribution in [0, 0.1) is 0 Å². The minimum absolute atomic E-state index is 0.0126. The van der Waals surface area contributed by atoms with Crippen LogP contribution >= 0.6 is 12.6 Å². The Morgan fingerprint density at radius 1 is 1.00 bits per heavy atom. The number of thiol groups is 1. The molecule has 3 rings (SSSR count). The second-order valence-electron chi connectivity index (χ2n) is 4.69. The summed E-state index contributed by atoms with van der Waals surface area (Å²) >= 11 is 4.37. The first-order chi connectivity index (χ1) is 8.75. The van der Waals surface area contributed by atoms with Crippen molar-refractivity contribution < 1.29 is 4.74 Å². The summed E-state index contributed by atoms with van der Waals surface area (Å²) in [4.78, 5) is 0. The molecular formula is C16H16OS. The van der Waals surface area contributed by atoms with E-state index in [1.54, 1.807) is 0 Å². The summed E-state index contributed by atoms with van der Waals surface area (Å²) in [6.07, 6.45) is 1.01. The number of fused-ring (bicyclic) bond motifs is 2. The molecule has 92 valence electrons. The van der Waals surface area contributed by atoms with E-state index in [9.17, 15) is 0 Å². The van der Waals surface area contributed by atoms with Crippen LogP contribution in [-0.4, -0.2) is 5.44 Å². The third-order valence-corrected chi connectivity index (χ3v) is 3.51. The van der Waals surface area contributed by atoms with Gasteiger partial charge in [-0.3, -0.25) is 0 Å². The molecule has 2 heteroatoms. The van der Waals surface area contributed by atoms with Crippen LogP contribution in [0.15, 0.2) is 48.5 Å². The average Bonchev–Trinajstić information content (AvgIpc) is 2.38. The molecule has 0 aliphatic heterocycles. The predicted molar refractivity (Wildman–Crippen MR) is 77.1 cm³/mol. The number of hydrogen-bond donors (Lipinski definition) is 1. The number of benzene rings is 2. The third kappa shape index (κ3) is 2.06. The zero-order chi connectivity index (χ0) is 12.5. The van der Waals surface area contributed by atoms with Crippen molar-refractivity contribution in [3.05, 3.63) is 70.8 Å². The fraction of sp³-hybridized carbons (Fsp3) is 0.250. The van der Waals surface area contributed by atoms with Crippen molar-refractivity contribution in [2.75, 3.05) is 0 Å². The topological polar surface area (TPSA) is 9.23 Å². The smallest absolute Gasteiger partial charge is 0.110 e. The molecule has 0 saturated carbocycles. The molecule has 0 amide bonds. The van der Waals surface area contributed by atoms with E-state index in [4.69, 9.17) is 4.74 Å². The molecule has 0 aromatic heterocycles. The monoisotopic (exact) mass is 256 g/mol. The van der Waals surface area contributed by atoms with Gasteiger partial charge in [-0.15, -0.1) is 12.6 Å². The lowest BCUT2D eigenvalue weighted by atomic mass is 9.84. The quantitative estimate of drug-likeness (QED) is 0.632. The minimum atomic E-state index is -0.0748. The summed E-state index contributed by atoms with van der Waals surface area (Å²) in [6.45, 7) is 1.96. The Morgan fingerprint density at radius 2 is 1.50 bits per heavy atom. The SMILES string of the molecule is CC(S)OC1c2ccccc2Cc2ccccc21. The molecule has 0 bridgehead atoms. The highest BCUT2D eigenvalue weighted by molar-refractivity contribution is 7.80. The number of ether oxygens (including phenoxy) is 1. The van der Waals surface area contributed by atoms with Crippen molar-refractivity contribution in [3.63, 3.8) is 0 Å². The van der Waals surface area contributed by atoms with Crippen LogP contribution in [0.3, 0.4) is 0 Å². The zero-order valence-electron chi connectivity index (χ0n) is 10.3. The van der Waals surface area contributed by atoms with Gasteiger partial charge in [-0.1, -0.05) is 48.5 Å². The fourth-order valence-electron chi connectivity index (χ4n) is 2.62. The van der Waals surface area contributed by atoms with Crippen LogP contribution in [0.4, 0.5) is 0 Å². The molecule has 1 unspecified atom stereocenters. The highest BCUT2D eigenvalue weighted by Crippen LogP contribution is 2.38. The Labute approximate surface area is 113 Å². The second kappa shape index (κ2) is 4.79. The average molecular weight is 256 g/mol. The summed E-state index contributed by atoms with van der Waals surface area (Å²) < 4.78 is 6.01. The lowest BCUT2D eigenvalue weighted by Crippen LogP contribution is -2.18. The molecule has 0 saturated heterocycles. The van der Waals surface area contributed by atoms with E-state index in [-0.39, 0.29) is 11.5 Å². The van der Waals surface area contributed by atoms with Gasteiger partial charge >= 0.3 is 0 Å². The van der Waals surface area contributed by atoms with Crippen molar-refractivity contribution in [1.82, 2.24) is 0 Å². The highest BCUT2D eigenvalue weighted by atomic mass is 32.1. The Bertz CT molecular complexity index is 517. The van der Waals surface area contributed by atoms with Crippen molar-refractivity contribution in [3.8, 4) is 0 Å².